The molecule has 1 saturated heterocycles. The number of nitrogens with zero attached hydrogens (tertiary/aromatic N) is 3. The number of rotatable bonds is 27. The Balaban J connectivity index is 0.658. The van der Waals surface area contributed by atoms with Gasteiger partial charge in [0.25, 0.3) is 11.8 Å². The van der Waals surface area contributed by atoms with Gasteiger partial charge in [0.15, 0.2) is 29.2 Å². The lowest BCUT2D eigenvalue weighted by molar-refractivity contribution is -0.132. The third-order valence-electron chi connectivity index (χ3n) is 19.0. The highest BCUT2D eigenvalue weighted by Crippen LogP contribution is 2.57. The molecule has 4 aliphatic heterocycles. The van der Waals surface area contributed by atoms with E-state index in [-0.39, 0.29) is 65.8 Å². The van der Waals surface area contributed by atoms with E-state index in [9.17, 15) is 43.5 Å². The molecule has 0 bridgehead atoms. The van der Waals surface area contributed by atoms with E-state index in [1.807, 2.05) is 85.9 Å². The molecule has 1 spiro atoms. The lowest BCUT2D eigenvalue weighted by Crippen LogP contribution is -2.55. The third-order valence-corrected chi connectivity index (χ3v) is 19.0. The molecule has 0 radical (unpaired) electrons. The Bertz CT molecular complexity index is 4160. The summed E-state index contributed by atoms with van der Waals surface area (Å²) in [6.07, 6.45) is 3.31. The van der Waals surface area contributed by atoms with Crippen LogP contribution in [0.4, 0.5) is 26.7 Å². The molecule has 0 aromatic heterocycles. The van der Waals surface area contributed by atoms with Gasteiger partial charge in [0, 0.05) is 50.0 Å². The molecule has 2 fully saturated rings. The van der Waals surface area contributed by atoms with Crippen LogP contribution in [0.2, 0.25) is 0 Å². The maximum atomic E-state index is 14.5. The quantitative estimate of drug-likeness (QED) is 0.0237. The fourth-order valence-electron chi connectivity index (χ4n) is 13.1. The number of nitrogens with one attached hydrogen (secondary N) is 6. The molecule has 530 valence electrons. The van der Waals surface area contributed by atoms with Crippen molar-refractivity contribution in [3.8, 4) is 28.7 Å². The summed E-state index contributed by atoms with van der Waals surface area (Å²) in [5, 5.41) is 28.6. The topological polar surface area (TPSA) is 303 Å². The summed E-state index contributed by atoms with van der Waals surface area (Å²) in [6, 6.07) is 32.7. The molecule has 6 atom stereocenters. The second-order valence-electron chi connectivity index (χ2n) is 26.2. The lowest BCUT2D eigenvalue weighted by Gasteiger charge is -2.31. The van der Waals surface area contributed by atoms with Gasteiger partial charge in [0.05, 0.1) is 75.7 Å². The number of carbonyl (C=O) groups is 8. The highest BCUT2D eigenvalue weighted by molar-refractivity contribution is 6.06. The van der Waals surface area contributed by atoms with E-state index in [1.165, 1.54) is 33.3 Å². The Hall–Kier alpha value is -11.1. The van der Waals surface area contributed by atoms with Crippen LogP contribution in [0.1, 0.15) is 113 Å². The van der Waals surface area contributed by atoms with E-state index >= 15 is 0 Å². The van der Waals surface area contributed by atoms with Crippen LogP contribution in [0.5, 0.6) is 28.7 Å². The van der Waals surface area contributed by atoms with Crippen LogP contribution in [0.15, 0.2) is 134 Å². The van der Waals surface area contributed by atoms with Crippen LogP contribution in [-0.4, -0.2) is 154 Å². The second-order valence-corrected chi connectivity index (χ2v) is 26.2. The molecule has 101 heavy (non-hydrogen) atoms. The van der Waals surface area contributed by atoms with Gasteiger partial charge in [-0.05, 0) is 126 Å². The highest BCUT2D eigenvalue weighted by Gasteiger charge is 2.58. The summed E-state index contributed by atoms with van der Waals surface area (Å²) in [7, 11) is 4.57. The monoisotopic (exact) mass is 1380 g/mol. The van der Waals surface area contributed by atoms with Crippen LogP contribution in [0.3, 0.4) is 0 Å². The minimum absolute atomic E-state index is 0.0607. The number of ether oxygens (including phenoxy) is 7. The van der Waals surface area contributed by atoms with Crippen molar-refractivity contribution in [1.29, 1.82) is 0 Å². The molecule has 1 saturated carbocycles. The first-order valence-corrected chi connectivity index (χ1v) is 33.7. The summed E-state index contributed by atoms with van der Waals surface area (Å²) >= 11 is 0. The average Bonchev–Trinajstić information content (AvgIpc) is 1.57. The van der Waals surface area contributed by atoms with E-state index in [2.05, 4.69) is 38.5 Å². The number of amides is 8. The maximum absolute atomic E-state index is 14.5. The van der Waals surface area contributed by atoms with Gasteiger partial charge in [-0.3, -0.25) is 28.8 Å². The fraction of sp³-hybridized carbons (Fsp3) is 0.368. The number of benzene rings is 6. The molecular formula is C76H85N9O16. The minimum atomic E-state index is -1.50. The fourth-order valence-corrected chi connectivity index (χ4v) is 13.1. The smallest absolute Gasteiger partial charge is 0.416 e. The summed E-state index contributed by atoms with van der Waals surface area (Å²) in [4.78, 5) is 114. The van der Waals surface area contributed by atoms with Crippen LogP contribution in [-0.2, 0) is 41.7 Å². The van der Waals surface area contributed by atoms with E-state index in [4.69, 9.17) is 33.2 Å². The van der Waals surface area contributed by atoms with Crippen molar-refractivity contribution in [2.45, 2.75) is 109 Å². The molecule has 6 aromatic carbocycles. The van der Waals surface area contributed by atoms with Gasteiger partial charge in [0.1, 0.15) is 37.1 Å². The number of aryl methyl sites for hydroxylation is 1. The molecule has 1 aliphatic carbocycles. The predicted molar refractivity (Wildman–Crippen MR) is 377 cm³/mol. The Morgan fingerprint density at radius 2 is 1.44 bits per heavy atom. The summed E-state index contributed by atoms with van der Waals surface area (Å²) in [6.45, 7) is 10.6. The van der Waals surface area contributed by atoms with Crippen LogP contribution < -0.4 is 60.5 Å². The molecule has 5 aliphatic rings. The summed E-state index contributed by atoms with van der Waals surface area (Å²) in [5.41, 5.74) is 7.52. The molecule has 4 heterocycles. The zero-order valence-corrected chi connectivity index (χ0v) is 57.6. The van der Waals surface area contributed by atoms with E-state index in [0.29, 0.717) is 72.8 Å². The number of hydrogen-bond acceptors (Lipinski definition) is 17. The Kier molecular flexibility index (Phi) is 22.1. The second kappa shape index (κ2) is 31.4. The van der Waals surface area contributed by atoms with E-state index in [0.717, 1.165) is 56.9 Å². The number of aliphatic hydroxyl groups excluding tert-OH is 1. The van der Waals surface area contributed by atoms with Gasteiger partial charge < -0.3 is 80.0 Å². The van der Waals surface area contributed by atoms with Crippen molar-refractivity contribution in [1.82, 2.24) is 31.1 Å². The summed E-state index contributed by atoms with van der Waals surface area (Å²) < 4.78 is 41.1. The van der Waals surface area contributed by atoms with Crippen LogP contribution in [0.25, 0.3) is 11.6 Å². The molecule has 8 amide bonds. The molecule has 6 aromatic rings. The number of alkyl carbamates (subject to hydrolysis) is 1. The standard InChI is InChI=1S/C76H85N9O16/c1-9-48-16-11-12-17-50(48)32-61(55-18-13-10-15-45(55)4)101-74(93)79-39-66(86)78-40-67(87)82-68(44(2)3)70(89)80-46(5)69(88)81-52-23-19-47(20-24-52)42-100-75(94)85-59-36-65(63(97-8)34-57(59)72(91)84-43-76(27-28-76)37-60(84)73(85)92)99-30-14-29-98-64-35-58-56(33-62(64)96-7)71(90)83-41-51(31-53(83)38-77-58)49-21-25-54(95-6)26-22-49/h9-13,15-26,33-36,41,44,46,53,60-61,68,73,77,92H,1,14,27-32,37-40,42-43H2,2-8H3,(H,78,86)(H,79,93)(H,80,89)(H,81,88)(H,82,87)/t46-,53-,60-,61?,68-,73?/m0/s1. The number of fused-ring (bicyclic) bond motifs is 4. The zero-order valence-electron chi connectivity index (χ0n) is 57.6. The first kappa shape index (κ1) is 71.2. The predicted octanol–water partition coefficient (Wildman–Crippen LogP) is 9.07. The summed E-state index contributed by atoms with van der Waals surface area (Å²) in [5.74, 6) is -1.64. The molecule has 11 rings (SSSR count). The Morgan fingerprint density at radius 1 is 0.752 bits per heavy atom. The number of aliphatic hydroxyl groups is 1. The third kappa shape index (κ3) is 16.5. The number of anilines is 3. The van der Waals surface area contributed by atoms with Gasteiger partial charge >= 0.3 is 12.2 Å². The first-order valence-electron chi connectivity index (χ1n) is 33.7. The van der Waals surface area contributed by atoms with Gasteiger partial charge in [-0.1, -0.05) is 99.3 Å². The Morgan fingerprint density at radius 3 is 2.12 bits per heavy atom. The number of hydrogen-bond donors (Lipinski definition) is 7. The van der Waals surface area contributed by atoms with Gasteiger partial charge in [-0.2, -0.15) is 0 Å². The maximum Gasteiger partial charge on any atom is 0.416 e. The molecule has 7 N–H and O–H groups in total. The molecule has 2 unspecified atom stereocenters. The van der Waals surface area contributed by atoms with Crippen molar-refractivity contribution in [3.63, 3.8) is 0 Å². The molecule has 25 nitrogen and oxygen atoms in total. The van der Waals surface area contributed by atoms with E-state index in [1.54, 1.807) is 73.2 Å². The van der Waals surface area contributed by atoms with Gasteiger partial charge in [-0.25, -0.2) is 14.5 Å². The number of methoxy groups -OCH3 is 3. The molecular weight excluding hydrogens is 1290 g/mol. The van der Waals surface area contributed by atoms with Crippen molar-refractivity contribution in [3.05, 3.63) is 179 Å². The Labute approximate surface area is 585 Å². The molecule has 25 heteroatoms. The van der Waals surface area contributed by atoms with Crippen LogP contribution >= 0.6 is 0 Å². The largest absolute Gasteiger partial charge is 0.497 e. The number of carbonyl (C=O) groups excluding carboxylic acids is 8. The zero-order chi connectivity index (χ0) is 71.6. The lowest BCUT2D eigenvalue weighted by atomic mass is 9.95. The van der Waals surface area contributed by atoms with Gasteiger partial charge in [-0.15, -0.1) is 0 Å². The average molecular weight is 1380 g/mol. The highest BCUT2D eigenvalue weighted by atomic mass is 16.6. The van der Waals surface area contributed by atoms with Crippen molar-refractivity contribution in [2.75, 3.05) is 76.3 Å². The van der Waals surface area contributed by atoms with Crippen molar-refractivity contribution < 1.29 is 76.6 Å². The SMILES string of the molecule is C=Cc1ccccc1CC(OC(=O)NCC(=O)NCC(=O)N[C@H](C(=O)N[C@@H](C)C(=O)Nc1ccc(COC(=O)N2c3cc(OCCCOc4cc5c(cc4OC)C(=O)N4C=C(c6ccc(OC)cc6)C[C@H]4CN5)c(OC)cc3C(=O)N3CC4(CC4)C[C@H]3C2O)cc1)C(C)C)c1ccccc1C. The van der Waals surface area contributed by atoms with Crippen molar-refractivity contribution in [2.24, 2.45) is 11.3 Å². The normalized spacial score (nSPS) is 17.7. The first-order chi connectivity index (χ1) is 48.7. The van der Waals surface area contributed by atoms with Crippen molar-refractivity contribution >= 4 is 76.3 Å². The minimum Gasteiger partial charge on any atom is -0.497 e. The van der Waals surface area contributed by atoms with Crippen LogP contribution in [0, 0.1) is 18.3 Å². The van der Waals surface area contributed by atoms with Gasteiger partial charge in [0.2, 0.25) is 23.6 Å². The van der Waals surface area contributed by atoms with E-state index < -0.39 is 85.3 Å².